The van der Waals surface area contributed by atoms with E-state index in [-0.39, 0.29) is 16.9 Å². The molecule has 0 unspecified atom stereocenters. The third kappa shape index (κ3) is 2.58. The molecule has 0 aliphatic rings. The smallest absolute Gasteiger partial charge is 0.335 e. The van der Waals surface area contributed by atoms with E-state index < -0.39 is 11.9 Å². The first-order valence-electron chi connectivity index (χ1n) is 6.29. The maximum atomic E-state index is 11.8. The number of primary amides is 1. The Morgan fingerprint density at radius 3 is 2.33 bits per heavy atom. The van der Waals surface area contributed by atoms with Gasteiger partial charge in [-0.25, -0.2) is 4.79 Å². The van der Waals surface area contributed by atoms with Crippen LogP contribution in [0.3, 0.4) is 0 Å². The van der Waals surface area contributed by atoms with Crippen molar-refractivity contribution in [1.82, 2.24) is 0 Å². The third-order valence-electron chi connectivity index (χ3n) is 3.40. The number of aromatic hydroxyl groups is 1. The van der Waals surface area contributed by atoms with Gasteiger partial charge in [-0.2, -0.15) is 0 Å². The summed E-state index contributed by atoms with van der Waals surface area (Å²) in [5, 5.41) is 18.8. The number of aromatic carboxylic acids is 1. The largest absolute Gasteiger partial charge is 0.508 e. The quantitative estimate of drug-likeness (QED) is 0.806. The normalized spacial score (nSPS) is 10.4. The monoisotopic (exact) mass is 285 g/mol. The second-order valence-corrected chi connectivity index (χ2v) is 4.84. The Morgan fingerprint density at radius 1 is 1.14 bits per heavy atom. The summed E-state index contributed by atoms with van der Waals surface area (Å²) in [7, 11) is 0. The van der Waals surface area contributed by atoms with Gasteiger partial charge in [0.25, 0.3) is 0 Å². The van der Waals surface area contributed by atoms with Crippen molar-refractivity contribution in [2.75, 3.05) is 0 Å². The number of carbonyl (C=O) groups excluding carboxylic acids is 1. The van der Waals surface area contributed by atoms with Crippen molar-refractivity contribution in [3.05, 3.63) is 52.6 Å². The van der Waals surface area contributed by atoms with E-state index >= 15 is 0 Å². The van der Waals surface area contributed by atoms with Crippen LogP contribution in [0.2, 0.25) is 0 Å². The highest BCUT2D eigenvalue weighted by atomic mass is 16.4. The third-order valence-corrected chi connectivity index (χ3v) is 3.40. The van der Waals surface area contributed by atoms with Gasteiger partial charge in [0.1, 0.15) is 5.75 Å². The highest BCUT2D eigenvalue weighted by Gasteiger charge is 2.21. The first-order chi connectivity index (χ1) is 9.82. The van der Waals surface area contributed by atoms with E-state index in [2.05, 4.69) is 0 Å². The molecule has 0 saturated heterocycles. The Balaban J connectivity index is 2.86. The molecule has 1 amide bonds. The number of amides is 1. The van der Waals surface area contributed by atoms with Gasteiger partial charge in [-0.3, -0.25) is 4.79 Å². The van der Waals surface area contributed by atoms with Crippen LogP contribution in [0.4, 0.5) is 0 Å². The molecule has 5 nitrogen and oxygen atoms in total. The number of aryl methyl sites for hydroxylation is 1. The molecular weight excluding hydrogens is 270 g/mol. The molecule has 2 aromatic rings. The fraction of sp³-hybridized carbons (Fsp3) is 0.125. The summed E-state index contributed by atoms with van der Waals surface area (Å²) in [5.74, 6) is -1.75. The van der Waals surface area contributed by atoms with Crippen LogP contribution in [-0.4, -0.2) is 22.1 Å². The Bertz CT molecular complexity index is 750. The molecule has 0 aliphatic carbocycles. The number of carboxylic acid groups (broad SMARTS) is 1. The van der Waals surface area contributed by atoms with Gasteiger partial charge >= 0.3 is 5.97 Å². The molecule has 0 aromatic heterocycles. The van der Waals surface area contributed by atoms with Crippen molar-refractivity contribution >= 4 is 11.9 Å². The molecule has 0 heterocycles. The van der Waals surface area contributed by atoms with Crippen LogP contribution in [0.1, 0.15) is 31.8 Å². The van der Waals surface area contributed by atoms with E-state index in [0.29, 0.717) is 22.3 Å². The number of hydrogen-bond donors (Lipinski definition) is 3. The number of rotatable bonds is 3. The van der Waals surface area contributed by atoms with E-state index in [9.17, 15) is 19.8 Å². The summed E-state index contributed by atoms with van der Waals surface area (Å²) in [6.07, 6.45) is 0. The second-order valence-electron chi connectivity index (χ2n) is 4.84. The molecule has 0 atom stereocenters. The summed E-state index contributed by atoms with van der Waals surface area (Å²) >= 11 is 0. The molecular formula is C16H15NO4. The van der Waals surface area contributed by atoms with E-state index in [1.807, 2.05) is 0 Å². The molecule has 0 saturated carbocycles. The minimum atomic E-state index is -1.11. The van der Waals surface area contributed by atoms with Crippen molar-refractivity contribution in [3.8, 4) is 16.9 Å². The van der Waals surface area contributed by atoms with Crippen LogP contribution in [-0.2, 0) is 0 Å². The van der Waals surface area contributed by atoms with Gasteiger partial charge in [0.2, 0.25) is 5.91 Å². The summed E-state index contributed by atoms with van der Waals surface area (Å²) in [5.41, 5.74) is 7.73. The fourth-order valence-electron chi connectivity index (χ4n) is 2.48. The Labute approximate surface area is 121 Å². The SMILES string of the molecule is Cc1cc(C(=O)O)c(C)c(C(N)=O)c1-c1cccc(O)c1. The Hall–Kier alpha value is -2.82. The van der Waals surface area contributed by atoms with Crippen LogP contribution in [0.5, 0.6) is 5.75 Å². The van der Waals surface area contributed by atoms with Crippen molar-refractivity contribution in [2.24, 2.45) is 5.73 Å². The van der Waals surface area contributed by atoms with Gasteiger partial charge in [-0.1, -0.05) is 12.1 Å². The number of benzene rings is 2. The van der Waals surface area contributed by atoms with Gasteiger partial charge < -0.3 is 15.9 Å². The van der Waals surface area contributed by atoms with Crippen LogP contribution in [0, 0.1) is 13.8 Å². The molecule has 0 fully saturated rings. The first kappa shape index (κ1) is 14.6. The van der Waals surface area contributed by atoms with Crippen LogP contribution < -0.4 is 5.73 Å². The lowest BCUT2D eigenvalue weighted by Gasteiger charge is -2.16. The summed E-state index contributed by atoms with van der Waals surface area (Å²) < 4.78 is 0. The molecule has 2 rings (SSSR count). The van der Waals surface area contributed by atoms with Gasteiger partial charge in [0, 0.05) is 0 Å². The first-order valence-corrected chi connectivity index (χ1v) is 6.29. The summed E-state index contributed by atoms with van der Waals surface area (Å²) in [4.78, 5) is 23.1. The molecule has 21 heavy (non-hydrogen) atoms. The van der Waals surface area contributed by atoms with Crippen molar-refractivity contribution in [3.63, 3.8) is 0 Å². The van der Waals surface area contributed by atoms with Crippen LogP contribution in [0.25, 0.3) is 11.1 Å². The van der Waals surface area contributed by atoms with Crippen LogP contribution in [0.15, 0.2) is 30.3 Å². The van der Waals surface area contributed by atoms with Gasteiger partial charge in [0.15, 0.2) is 0 Å². The predicted molar refractivity (Wildman–Crippen MR) is 78.5 cm³/mol. The van der Waals surface area contributed by atoms with Gasteiger partial charge in [-0.05, 0) is 54.3 Å². The molecule has 4 N–H and O–H groups in total. The van der Waals surface area contributed by atoms with E-state index in [1.54, 1.807) is 26.0 Å². The number of nitrogens with two attached hydrogens (primary N) is 1. The lowest BCUT2D eigenvalue weighted by atomic mass is 9.88. The highest BCUT2D eigenvalue weighted by Crippen LogP contribution is 2.33. The summed E-state index contributed by atoms with van der Waals surface area (Å²) in [6.45, 7) is 3.26. The average Bonchev–Trinajstić information content (AvgIpc) is 2.39. The standard InChI is InChI=1S/C16H15NO4/c1-8-6-12(16(20)21)9(2)14(15(17)19)13(8)10-4-3-5-11(18)7-10/h3-7,18H,1-2H3,(H2,17,19)(H,20,21). The number of carbonyl (C=O) groups is 2. The minimum Gasteiger partial charge on any atom is -0.508 e. The molecule has 0 bridgehead atoms. The molecule has 5 heteroatoms. The maximum absolute atomic E-state index is 11.8. The minimum absolute atomic E-state index is 0.0465. The number of hydrogen-bond acceptors (Lipinski definition) is 3. The predicted octanol–water partition coefficient (Wildman–Crippen LogP) is 2.47. The van der Waals surface area contributed by atoms with Gasteiger partial charge in [-0.15, -0.1) is 0 Å². The van der Waals surface area contributed by atoms with Crippen molar-refractivity contribution < 1.29 is 19.8 Å². The molecule has 0 aliphatic heterocycles. The van der Waals surface area contributed by atoms with E-state index in [1.165, 1.54) is 18.2 Å². The number of phenolic OH excluding ortho intramolecular Hbond substituents is 1. The zero-order valence-corrected chi connectivity index (χ0v) is 11.7. The Morgan fingerprint density at radius 2 is 1.81 bits per heavy atom. The fourth-order valence-corrected chi connectivity index (χ4v) is 2.48. The lowest BCUT2D eigenvalue weighted by molar-refractivity contribution is 0.0696. The molecule has 108 valence electrons. The maximum Gasteiger partial charge on any atom is 0.335 e. The summed E-state index contributed by atoms with van der Waals surface area (Å²) in [6, 6.07) is 7.91. The highest BCUT2D eigenvalue weighted by molar-refractivity contribution is 6.05. The number of phenols is 1. The van der Waals surface area contributed by atoms with E-state index in [0.717, 1.165) is 0 Å². The zero-order chi connectivity index (χ0) is 15.7. The van der Waals surface area contributed by atoms with Crippen molar-refractivity contribution in [1.29, 1.82) is 0 Å². The topological polar surface area (TPSA) is 101 Å². The van der Waals surface area contributed by atoms with Crippen LogP contribution >= 0.6 is 0 Å². The number of carboxylic acids is 1. The van der Waals surface area contributed by atoms with Crippen molar-refractivity contribution in [2.45, 2.75) is 13.8 Å². The Kier molecular flexibility index (Phi) is 3.67. The lowest BCUT2D eigenvalue weighted by Crippen LogP contribution is -2.17. The average molecular weight is 285 g/mol. The molecule has 0 radical (unpaired) electrons. The second kappa shape index (κ2) is 5.28. The zero-order valence-electron chi connectivity index (χ0n) is 11.7. The molecule has 0 spiro atoms. The van der Waals surface area contributed by atoms with E-state index in [4.69, 9.17) is 5.73 Å². The molecule has 2 aromatic carbocycles. The van der Waals surface area contributed by atoms with Gasteiger partial charge in [0.05, 0.1) is 11.1 Å².